The molecule has 0 amide bonds. The average molecular weight is 392 g/mol. The van der Waals surface area contributed by atoms with Crippen molar-refractivity contribution in [3.05, 3.63) is 58.6 Å². The summed E-state index contributed by atoms with van der Waals surface area (Å²) in [5, 5.41) is 0.675. The number of fused-ring (bicyclic) bond motifs is 1. The summed E-state index contributed by atoms with van der Waals surface area (Å²) in [5.74, 6) is 2.14. The van der Waals surface area contributed by atoms with Gasteiger partial charge in [-0.3, -0.25) is 4.98 Å². The zero-order valence-electron chi connectivity index (χ0n) is 16.5. The second kappa shape index (κ2) is 7.35. The fraction of sp³-hybridized carbons (Fsp3) is 0.182. The number of hydrogen-bond donors (Lipinski definition) is 1. The molecule has 0 saturated carbocycles. The number of rotatable bonds is 5. The van der Waals surface area contributed by atoms with Crippen molar-refractivity contribution in [1.29, 1.82) is 0 Å². The first-order valence-electron chi connectivity index (χ1n) is 8.95. The Hall–Kier alpha value is -3.74. The number of nitrogens with one attached hydrogen (secondary N) is 1. The van der Waals surface area contributed by atoms with Crippen molar-refractivity contribution in [3.63, 3.8) is 0 Å². The minimum Gasteiger partial charge on any atom is -0.493 e. The van der Waals surface area contributed by atoms with E-state index in [1.54, 1.807) is 21.3 Å². The van der Waals surface area contributed by atoms with Gasteiger partial charge >= 0.3 is 5.69 Å². The fourth-order valence-corrected chi connectivity index (χ4v) is 3.33. The van der Waals surface area contributed by atoms with E-state index in [1.807, 2.05) is 43.3 Å². The first-order valence-corrected chi connectivity index (χ1v) is 8.95. The van der Waals surface area contributed by atoms with Crippen LogP contribution in [0.3, 0.4) is 0 Å². The maximum Gasteiger partial charge on any atom is 0.347 e. The summed E-state index contributed by atoms with van der Waals surface area (Å²) in [4.78, 5) is 18.3. The molecule has 0 saturated heterocycles. The minimum atomic E-state index is -0.474. The molecule has 0 fully saturated rings. The van der Waals surface area contributed by atoms with Crippen LogP contribution in [0.5, 0.6) is 17.2 Å². The van der Waals surface area contributed by atoms with Crippen LogP contribution in [0.4, 0.5) is 0 Å². The number of ether oxygens (including phenoxy) is 3. The normalized spacial score (nSPS) is 10.9. The highest BCUT2D eigenvalue weighted by atomic mass is 16.5. The van der Waals surface area contributed by atoms with Crippen molar-refractivity contribution >= 4 is 11.1 Å². The highest BCUT2D eigenvalue weighted by molar-refractivity contribution is 6.00. The zero-order chi connectivity index (χ0) is 20.5. The van der Waals surface area contributed by atoms with E-state index in [0.717, 1.165) is 22.3 Å². The molecule has 0 atom stereocenters. The van der Waals surface area contributed by atoms with Crippen LogP contribution >= 0.6 is 0 Å². The Morgan fingerprint density at radius 1 is 0.931 bits per heavy atom. The molecule has 2 aromatic carbocycles. The summed E-state index contributed by atoms with van der Waals surface area (Å²) in [7, 11) is 4.68. The van der Waals surface area contributed by atoms with E-state index in [2.05, 4.69) is 9.97 Å². The highest BCUT2D eigenvalue weighted by Gasteiger charge is 2.22. The number of hydrogen-bond acceptors (Lipinski definition) is 6. The molecule has 0 aliphatic heterocycles. The van der Waals surface area contributed by atoms with Crippen LogP contribution in [0.1, 0.15) is 5.56 Å². The van der Waals surface area contributed by atoms with Gasteiger partial charge in [-0.1, -0.05) is 29.8 Å². The highest BCUT2D eigenvalue weighted by Crippen LogP contribution is 2.46. The molecule has 0 radical (unpaired) electrons. The van der Waals surface area contributed by atoms with Crippen molar-refractivity contribution in [3.8, 4) is 39.7 Å². The lowest BCUT2D eigenvalue weighted by atomic mass is 9.98. The molecule has 2 heterocycles. The molecule has 148 valence electrons. The topological polar surface area (TPSA) is 86.6 Å². The standard InChI is InChI=1S/C22H20N2O5/c1-12-5-7-13(8-6-12)19-18(15-11-23-22(25)24-21(15)29-19)14-9-16(26-2)20(28-4)17(10-14)27-3/h5-11H,1-4H3,(H,23,24,25). The first kappa shape index (κ1) is 18.6. The van der Waals surface area contributed by atoms with Crippen LogP contribution in [0.2, 0.25) is 0 Å². The molecule has 0 spiro atoms. The molecular formula is C22H20N2O5. The van der Waals surface area contributed by atoms with Crippen molar-refractivity contribution in [2.45, 2.75) is 6.92 Å². The summed E-state index contributed by atoms with van der Waals surface area (Å²) >= 11 is 0. The molecule has 0 aliphatic carbocycles. The smallest absolute Gasteiger partial charge is 0.347 e. The molecule has 4 aromatic rings. The van der Waals surface area contributed by atoms with Crippen molar-refractivity contribution in [2.24, 2.45) is 0 Å². The van der Waals surface area contributed by atoms with E-state index in [9.17, 15) is 4.79 Å². The number of benzene rings is 2. The van der Waals surface area contributed by atoms with E-state index in [0.29, 0.717) is 34.1 Å². The van der Waals surface area contributed by atoms with E-state index in [-0.39, 0.29) is 0 Å². The lowest BCUT2D eigenvalue weighted by Crippen LogP contribution is -2.07. The largest absolute Gasteiger partial charge is 0.493 e. The maximum atomic E-state index is 11.7. The predicted molar refractivity (Wildman–Crippen MR) is 110 cm³/mol. The number of aromatic amines is 1. The molecule has 4 rings (SSSR count). The van der Waals surface area contributed by atoms with Crippen LogP contribution in [-0.2, 0) is 0 Å². The lowest BCUT2D eigenvalue weighted by Gasteiger charge is -2.14. The van der Waals surface area contributed by atoms with Gasteiger partial charge in [-0.2, -0.15) is 0 Å². The van der Waals surface area contributed by atoms with Gasteiger partial charge in [-0.15, -0.1) is 0 Å². The molecule has 0 bridgehead atoms. The van der Waals surface area contributed by atoms with Gasteiger partial charge in [-0.25, -0.2) is 9.78 Å². The number of furan rings is 1. The van der Waals surface area contributed by atoms with Gasteiger partial charge in [0.2, 0.25) is 11.5 Å². The second-order valence-corrected chi connectivity index (χ2v) is 6.52. The monoisotopic (exact) mass is 392 g/mol. The third-order valence-corrected chi connectivity index (χ3v) is 4.74. The van der Waals surface area contributed by atoms with E-state index < -0.39 is 5.69 Å². The van der Waals surface area contributed by atoms with Gasteiger partial charge < -0.3 is 18.6 Å². The Balaban J connectivity index is 2.06. The van der Waals surface area contributed by atoms with Crippen LogP contribution in [0.25, 0.3) is 33.6 Å². The summed E-state index contributed by atoms with van der Waals surface area (Å²) < 4.78 is 22.5. The Morgan fingerprint density at radius 3 is 2.17 bits per heavy atom. The van der Waals surface area contributed by atoms with Gasteiger partial charge in [0.1, 0.15) is 5.76 Å². The van der Waals surface area contributed by atoms with Crippen LogP contribution in [-0.4, -0.2) is 31.3 Å². The van der Waals surface area contributed by atoms with E-state index in [1.165, 1.54) is 6.20 Å². The SMILES string of the molecule is COc1cc(-c2c(-c3ccc(C)cc3)oc3[nH]c(=O)ncc23)cc(OC)c1OC. The van der Waals surface area contributed by atoms with Crippen LogP contribution in [0, 0.1) is 6.92 Å². The number of aryl methyl sites for hydroxylation is 1. The Labute approximate surface area is 166 Å². The first-order chi connectivity index (χ1) is 14.0. The maximum absolute atomic E-state index is 11.7. The summed E-state index contributed by atoms with van der Waals surface area (Å²) in [6, 6.07) is 11.6. The van der Waals surface area contributed by atoms with Gasteiger partial charge in [0, 0.05) is 17.3 Å². The summed E-state index contributed by atoms with van der Waals surface area (Å²) in [6.45, 7) is 2.02. The van der Waals surface area contributed by atoms with Gasteiger partial charge in [0.05, 0.1) is 26.7 Å². The lowest BCUT2D eigenvalue weighted by molar-refractivity contribution is 0.324. The molecule has 0 aliphatic rings. The Bertz CT molecular complexity index is 1210. The molecular weight excluding hydrogens is 372 g/mol. The van der Waals surface area contributed by atoms with E-state index >= 15 is 0 Å². The van der Waals surface area contributed by atoms with E-state index in [4.69, 9.17) is 18.6 Å². The van der Waals surface area contributed by atoms with Crippen molar-refractivity contribution < 1.29 is 18.6 Å². The Morgan fingerprint density at radius 2 is 1.59 bits per heavy atom. The van der Waals surface area contributed by atoms with Crippen LogP contribution < -0.4 is 19.9 Å². The number of aromatic nitrogens is 2. The minimum absolute atomic E-state index is 0.351. The summed E-state index contributed by atoms with van der Waals surface area (Å²) in [5.41, 5.74) is 3.43. The van der Waals surface area contributed by atoms with Gasteiger partial charge in [-0.05, 0) is 24.6 Å². The van der Waals surface area contributed by atoms with Gasteiger partial charge in [0.25, 0.3) is 0 Å². The second-order valence-electron chi connectivity index (χ2n) is 6.52. The molecule has 7 nitrogen and oxygen atoms in total. The van der Waals surface area contributed by atoms with Crippen molar-refractivity contribution in [1.82, 2.24) is 9.97 Å². The third-order valence-electron chi connectivity index (χ3n) is 4.74. The molecule has 0 unspecified atom stereocenters. The fourth-order valence-electron chi connectivity index (χ4n) is 3.33. The summed E-state index contributed by atoms with van der Waals surface area (Å²) in [6.07, 6.45) is 1.51. The number of H-pyrrole nitrogens is 1. The third kappa shape index (κ3) is 3.20. The zero-order valence-corrected chi connectivity index (χ0v) is 16.5. The Kier molecular flexibility index (Phi) is 4.72. The molecule has 29 heavy (non-hydrogen) atoms. The molecule has 2 aromatic heterocycles. The predicted octanol–water partition coefficient (Wildman–Crippen LogP) is 4.18. The van der Waals surface area contributed by atoms with Crippen molar-refractivity contribution in [2.75, 3.05) is 21.3 Å². The van der Waals surface area contributed by atoms with Gasteiger partial charge in [0.15, 0.2) is 11.5 Å². The quantitative estimate of drug-likeness (QED) is 0.548. The molecule has 7 heteroatoms. The number of methoxy groups -OCH3 is 3. The molecule has 1 N–H and O–H groups in total. The average Bonchev–Trinajstić information content (AvgIpc) is 3.11. The van der Waals surface area contributed by atoms with Crippen LogP contribution in [0.15, 0.2) is 51.8 Å². The number of nitrogens with zero attached hydrogens (tertiary/aromatic N) is 1.